The second kappa shape index (κ2) is 69.4. The van der Waals surface area contributed by atoms with E-state index in [4.69, 9.17) is 37.0 Å². The van der Waals surface area contributed by atoms with Gasteiger partial charge in [-0.15, -0.1) is 0 Å². The highest BCUT2D eigenvalue weighted by molar-refractivity contribution is 7.47. The van der Waals surface area contributed by atoms with Gasteiger partial charge in [-0.1, -0.05) is 357 Å². The van der Waals surface area contributed by atoms with Crippen molar-refractivity contribution in [1.82, 2.24) is 0 Å². The first kappa shape index (κ1) is 96.1. The van der Waals surface area contributed by atoms with Crippen molar-refractivity contribution in [1.29, 1.82) is 0 Å². The van der Waals surface area contributed by atoms with Crippen LogP contribution in [0.4, 0.5) is 0 Å². The SMILES string of the molecule is CCCCCCCCCCCCCCCC(=O)OC[C@H](COP(=O)(O)OC[C@H](O)COP(=O)(O)OC[C@@H](COC(=O)CCCCCCCCCCCCC(C)CC)OC(=O)CCCCCCCCCCCCCCCCC(C)C)OC(=O)CCCCCCCCCCCCC(C)CC. The third kappa shape index (κ3) is 69.8. The number of aliphatic hydroxyl groups is 1. The summed E-state index contributed by atoms with van der Waals surface area (Å²) in [5, 5.41) is 10.6. The molecule has 0 fully saturated rings. The van der Waals surface area contributed by atoms with Crippen LogP contribution in [-0.4, -0.2) is 96.7 Å². The van der Waals surface area contributed by atoms with Crippen LogP contribution in [0.15, 0.2) is 0 Å². The van der Waals surface area contributed by atoms with E-state index in [-0.39, 0.29) is 25.7 Å². The second-order valence-corrected chi connectivity index (χ2v) is 32.3. The minimum atomic E-state index is -4.96. The minimum absolute atomic E-state index is 0.107. The Labute approximate surface area is 600 Å². The molecule has 582 valence electrons. The van der Waals surface area contributed by atoms with Crippen molar-refractivity contribution in [2.45, 2.75) is 426 Å². The zero-order chi connectivity index (χ0) is 72.3. The molecule has 7 atom stereocenters. The van der Waals surface area contributed by atoms with E-state index in [0.29, 0.717) is 25.7 Å². The normalized spacial score (nSPS) is 14.6. The first-order valence-electron chi connectivity index (χ1n) is 40.9. The molecule has 0 aliphatic heterocycles. The number of phosphoric acid groups is 2. The summed E-state index contributed by atoms with van der Waals surface area (Å²) in [7, 11) is -9.92. The summed E-state index contributed by atoms with van der Waals surface area (Å²) in [4.78, 5) is 73.0. The van der Waals surface area contributed by atoms with Crippen LogP contribution in [0.25, 0.3) is 0 Å². The van der Waals surface area contributed by atoms with Gasteiger partial charge in [0.1, 0.15) is 19.3 Å². The minimum Gasteiger partial charge on any atom is -0.462 e. The van der Waals surface area contributed by atoms with Gasteiger partial charge in [-0.05, 0) is 43.4 Å². The Morgan fingerprint density at radius 3 is 0.776 bits per heavy atom. The lowest BCUT2D eigenvalue weighted by Crippen LogP contribution is -2.30. The molecular weight excluding hydrogens is 1280 g/mol. The van der Waals surface area contributed by atoms with Crippen LogP contribution in [0.1, 0.15) is 408 Å². The van der Waals surface area contributed by atoms with Crippen molar-refractivity contribution in [2.24, 2.45) is 17.8 Å². The summed E-state index contributed by atoms with van der Waals surface area (Å²) in [5.41, 5.74) is 0. The quantitative estimate of drug-likeness (QED) is 0.0222. The third-order valence-electron chi connectivity index (χ3n) is 19.1. The maximum absolute atomic E-state index is 13.1. The van der Waals surface area contributed by atoms with Crippen molar-refractivity contribution in [2.75, 3.05) is 39.6 Å². The van der Waals surface area contributed by atoms with E-state index in [0.717, 1.165) is 108 Å². The molecule has 19 heteroatoms. The van der Waals surface area contributed by atoms with Gasteiger partial charge in [-0.25, -0.2) is 9.13 Å². The van der Waals surface area contributed by atoms with Crippen LogP contribution in [0.5, 0.6) is 0 Å². The highest BCUT2D eigenvalue weighted by Crippen LogP contribution is 2.45. The summed E-state index contributed by atoms with van der Waals surface area (Å²) in [5.74, 6) is 0.296. The number of hydrogen-bond acceptors (Lipinski definition) is 15. The van der Waals surface area contributed by atoms with Crippen molar-refractivity contribution < 1.29 is 80.2 Å². The first-order chi connectivity index (χ1) is 47.3. The summed E-state index contributed by atoms with van der Waals surface area (Å²) in [6, 6.07) is 0. The number of esters is 4. The third-order valence-corrected chi connectivity index (χ3v) is 21.0. The van der Waals surface area contributed by atoms with Gasteiger partial charge in [-0.3, -0.25) is 37.3 Å². The van der Waals surface area contributed by atoms with Crippen LogP contribution >= 0.6 is 15.6 Å². The van der Waals surface area contributed by atoms with Gasteiger partial charge in [0.25, 0.3) is 0 Å². The van der Waals surface area contributed by atoms with Crippen molar-refractivity contribution in [3.05, 3.63) is 0 Å². The van der Waals surface area contributed by atoms with Gasteiger partial charge >= 0.3 is 39.5 Å². The maximum atomic E-state index is 13.1. The van der Waals surface area contributed by atoms with E-state index in [9.17, 15) is 43.2 Å². The van der Waals surface area contributed by atoms with Crippen LogP contribution in [-0.2, 0) is 65.4 Å². The summed E-state index contributed by atoms with van der Waals surface area (Å²) >= 11 is 0. The molecule has 4 unspecified atom stereocenters. The highest BCUT2D eigenvalue weighted by Gasteiger charge is 2.30. The van der Waals surface area contributed by atoms with Crippen LogP contribution in [0.2, 0.25) is 0 Å². The van der Waals surface area contributed by atoms with Gasteiger partial charge in [0.05, 0.1) is 26.4 Å². The van der Waals surface area contributed by atoms with Gasteiger partial charge < -0.3 is 33.8 Å². The van der Waals surface area contributed by atoms with Gasteiger partial charge in [-0.2, -0.15) is 0 Å². The van der Waals surface area contributed by atoms with E-state index in [2.05, 4.69) is 48.5 Å². The molecule has 0 aromatic heterocycles. The Kier molecular flexibility index (Phi) is 68.1. The lowest BCUT2D eigenvalue weighted by Gasteiger charge is -2.21. The molecule has 0 radical (unpaired) electrons. The molecule has 0 rings (SSSR count). The number of hydrogen-bond donors (Lipinski definition) is 3. The molecular formula is C79H154O17P2. The van der Waals surface area contributed by atoms with E-state index in [1.54, 1.807) is 0 Å². The molecule has 0 heterocycles. The summed E-state index contributed by atoms with van der Waals surface area (Å²) in [6.45, 7) is 12.0. The Morgan fingerprint density at radius 1 is 0.296 bits per heavy atom. The molecule has 0 saturated heterocycles. The van der Waals surface area contributed by atoms with Gasteiger partial charge in [0.15, 0.2) is 12.2 Å². The molecule has 0 aromatic carbocycles. The van der Waals surface area contributed by atoms with Crippen LogP contribution in [0, 0.1) is 17.8 Å². The van der Waals surface area contributed by atoms with Crippen LogP contribution in [0.3, 0.4) is 0 Å². The maximum Gasteiger partial charge on any atom is 0.472 e. The lowest BCUT2D eigenvalue weighted by molar-refractivity contribution is -0.161. The monoisotopic (exact) mass is 1440 g/mol. The number of ether oxygens (including phenoxy) is 4. The van der Waals surface area contributed by atoms with Crippen molar-refractivity contribution in [3.63, 3.8) is 0 Å². The van der Waals surface area contributed by atoms with Gasteiger partial charge in [0.2, 0.25) is 0 Å². The molecule has 0 bridgehead atoms. The molecule has 98 heavy (non-hydrogen) atoms. The Bertz CT molecular complexity index is 1910. The fourth-order valence-corrected chi connectivity index (χ4v) is 13.6. The molecule has 0 spiro atoms. The zero-order valence-corrected chi connectivity index (χ0v) is 66.0. The molecule has 3 N–H and O–H groups in total. The highest BCUT2D eigenvalue weighted by atomic mass is 31.2. The first-order valence-corrected chi connectivity index (χ1v) is 43.9. The summed E-state index contributed by atoms with van der Waals surface area (Å²) < 4.78 is 68.7. The second-order valence-electron chi connectivity index (χ2n) is 29.4. The Morgan fingerprint density at radius 2 is 0.520 bits per heavy atom. The number of rotatable bonds is 77. The molecule has 17 nitrogen and oxygen atoms in total. The standard InChI is InChI=1S/C79H154O17P2/c1-8-11-12-13-14-15-16-19-23-32-39-46-53-60-76(81)89-66-75(96-79(84)63-56-49-42-35-28-26-31-38-45-52-59-72(7)10-3)69-94-98(87,88)92-65-73(80)64-91-97(85,86)93-68-74(67-90-77(82)61-54-47-40-33-27-25-30-37-44-51-58-71(6)9-2)95-78(83)62-55-48-41-34-24-21-18-17-20-22-29-36-43-50-57-70(4)5/h70-75,80H,8-69H2,1-7H3,(H,85,86)(H,87,88)/t71?,72?,73-,74-,75-/m1/s1. The number of unbranched alkanes of at least 4 members (excludes halogenated alkanes) is 43. The van der Waals surface area contributed by atoms with E-state index < -0.39 is 97.5 Å². The molecule has 0 amide bonds. The molecule has 0 aliphatic rings. The predicted octanol–water partition coefficient (Wildman–Crippen LogP) is 23.4. The summed E-state index contributed by atoms with van der Waals surface area (Å²) in [6.07, 6.45) is 56.6. The molecule has 0 aliphatic carbocycles. The average Bonchev–Trinajstić information content (AvgIpc) is 0.967. The van der Waals surface area contributed by atoms with Crippen molar-refractivity contribution in [3.8, 4) is 0 Å². The Balaban J connectivity index is 5.28. The van der Waals surface area contributed by atoms with E-state index >= 15 is 0 Å². The fourth-order valence-electron chi connectivity index (χ4n) is 12.1. The number of carbonyl (C=O) groups excluding carboxylic acids is 4. The van der Waals surface area contributed by atoms with Gasteiger partial charge in [0, 0.05) is 25.7 Å². The number of phosphoric ester groups is 2. The van der Waals surface area contributed by atoms with E-state index in [1.165, 1.54) is 218 Å². The van der Waals surface area contributed by atoms with E-state index in [1.807, 2.05) is 0 Å². The predicted molar refractivity (Wildman–Crippen MR) is 400 cm³/mol. The zero-order valence-electron chi connectivity index (χ0n) is 64.3. The fraction of sp³-hybridized carbons (Fsp3) is 0.949. The number of aliphatic hydroxyl groups excluding tert-OH is 1. The smallest absolute Gasteiger partial charge is 0.462 e. The van der Waals surface area contributed by atoms with Crippen LogP contribution < -0.4 is 0 Å². The molecule has 0 aromatic rings. The molecule has 0 saturated carbocycles. The number of carbonyl (C=O) groups is 4. The Hall–Kier alpha value is -1.94. The van der Waals surface area contributed by atoms with Crippen molar-refractivity contribution >= 4 is 39.5 Å². The lowest BCUT2D eigenvalue weighted by atomic mass is 9.99. The topological polar surface area (TPSA) is 237 Å². The largest absolute Gasteiger partial charge is 0.472 e. The average molecular weight is 1440 g/mol.